The Labute approximate surface area is 172 Å². The van der Waals surface area contributed by atoms with Gasteiger partial charge in [0.15, 0.2) is 5.17 Å². The average Bonchev–Trinajstić information content (AvgIpc) is 2.98. The van der Waals surface area contributed by atoms with E-state index < -0.39 is 11.2 Å². The molecule has 0 radical (unpaired) electrons. The molecule has 0 saturated carbocycles. The number of carbonyl (C=O) groups excluding carboxylic acids is 2. The van der Waals surface area contributed by atoms with Crippen LogP contribution in [0.15, 0.2) is 72.2 Å². The second kappa shape index (κ2) is 9.20. The van der Waals surface area contributed by atoms with Gasteiger partial charge in [-0.25, -0.2) is 9.79 Å². The van der Waals surface area contributed by atoms with Gasteiger partial charge in [-0.1, -0.05) is 48.2 Å². The first-order valence-corrected chi connectivity index (χ1v) is 9.72. The number of aliphatic imine (C=N–C) groups is 1. The average molecular weight is 409 g/mol. The monoisotopic (exact) mass is 409 g/mol. The number of carboxylic acid groups (broad SMARTS) is 1. The van der Waals surface area contributed by atoms with Crippen molar-refractivity contribution in [1.82, 2.24) is 4.90 Å². The van der Waals surface area contributed by atoms with Crippen molar-refractivity contribution in [1.29, 1.82) is 0 Å². The standard InChI is InChI=1S/C21H19N3O4S/c1-2-12-24-19(26)17(13-18(25)22-14-8-4-3-5-9-14)29-21(24)23-16-11-7-6-10-15(16)20(27)28/h2-11,17H,1,12-13H2,(H,22,25)(H,27,28)/t17-/m0/s1. The van der Waals surface area contributed by atoms with Crippen LogP contribution in [-0.4, -0.2) is 44.8 Å². The van der Waals surface area contributed by atoms with Crippen molar-refractivity contribution in [2.45, 2.75) is 11.7 Å². The minimum Gasteiger partial charge on any atom is -0.478 e. The third-order valence-electron chi connectivity index (χ3n) is 4.11. The number of nitrogens with zero attached hydrogens (tertiary/aromatic N) is 2. The quantitative estimate of drug-likeness (QED) is 0.682. The molecule has 0 aliphatic carbocycles. The minimum atomic E-state index is -1.10. The summed E-state index contributed by atoms with van der Waals surface area (Å²) in [5, 5.41) is 11.8. The maximum absolute atomic E-state index is 12.8. The summed E-state index contributed by atoms with van der Waals surface area (Å²) in [7, 11) is 0. The number of nitrogens with one attached hydrogen (secondary N) is 1. The first-order valence-electron chi connectivity index (χ1n) is 8.84. The number of anilines is 1. The number of rotatable bonds is 7. The van der Waals surface area contributed by atoms with Crippen molar-refractivity contribution in [2.24, 2.45) is 4.99 Å². The Balaban J connectivity index is 1.80. The molecule has 148 valence electrons. The number of hydrogen-bond donors (Lipinski definition) is 2. The molecule has 1 aliphatic rings. The molecule has 1 atom stereocenters. The summed E-state index contributed by atoms with van der Waals surface area (Å²) in [5.74, 6) is -1.65. The van der Waals surface area contributed by atoms with E-state index in [1.54, 1.807) is 36.4 Å². The van der Waals surface area contributed by atoms with E-state index in [4.69, 9.17) is 0 Å². The Morgan fingerprint density at radius 1 is 1.17 bits per heavy atom. The van der Waals surface area contributed by atoms with Gasteiger partial charge in [0.25, 0.3) is 0 Å². The highest BCUT2D eigenvalue weighted by Gasteiger charge is 2.38. The lowest BCUT2D eigenvalue weighted by atomic mass is 10.2. The maximum atomic E-state index is 12.8. The van der Waals surface area contributed by atoms with Gasteiger partial charge in [0, 0.05) is 18.7 Å². The highest BCUT2D eigenvalue weighted by molar-refractivity contribution is 8.15. The number of carboxylic acids is 1. The van der Waals surface area contributed by atoms with E-state index in [1.165, 1.54) is 11.0 Å². The van der Waals surface area contributed by atoms with Crippen molar-refractivity contribution >= 4 is 46.1 Å². The third-order valence-corrected chi connectivity index (χ3v) is 5.29. The molecule has 2 aromatic rings. The van der Waals surface area contributed by atoms with E-state index in [0.717, 1.165) is 11.8 Å². The summed E-state index contributed by atoms with van der Waals surface area (Å²) in [5.41, 5.74) is 0.941. The van der Waals surface area contributed by atoms with Crippen LogP contribution in [0.1, 0.15) is 16.8 Å². The van der Waals surface area contributed by atoms with Gasteiger partial charge in [0.1, 0.15) is 5.25 Å². The highest BCUT2D eigenvalue weighted by Crippen LogP contribution is 2.32. The molecule has 1 aliphatic heterocycles. The summed E-state index contributed by atoms with van der Waals surface area (Å²) < 4.78 is 0. The molecule has 2 N–H and O–H groups in total. The summed E-state index contributed by atoms with van der Waals surface area (Å²) >= 11 is 1.15. The van der Waals surface area contributed by atoms with Crippen LogP contribution in [0.4, 0.5) is 11.4 Å². The van der Waals surface area contributed by atoms with Crippen LogP contribution >= 0.6 is 11.8 Å². The van der Waals surface area contributed by atoms with Crippen LogP contribution in [0.25, 0.3) is 0 Å². The van der Waals surface area contributed by atoms with Crippen molar-refractivity contribution in [3.05, 3.63) is 72.8 Å². The van der Waals surface area contributed by atoms with Crippen LogP contribution in [0.2, 0.25) is 0 Å². The SMILES string of the molecule is C=CCN1C(=O)[C@H](CC(=O)Nc2ccccc2)SC1=Nc1ccccc1C(=O)O. The van der Waals surface area contributed by atoms with Gasteiger partial charge >= 0.3 is 5.97 Å². The van der Waals surface area contributed by atoms with Gasteiger partial charge in [-0.05, 0) is 24.3 Å². The molecule has 3 rings (SSSR count). The Hall–Kier alpha value is -3.39. The molecular formula is C21H19N3O4S. The zero-order valence-corrected chi connectivity index (χ0v) is 16.3. The number of thioether (sulfide) groups is 1. The van der Waals surface area contributed by atoms with E-state index in [9.17, 15) is 19.5 Å². The summed E-state index contributed by atoms with van der Waals surface area (Å²) in [6, 6.07) is 15.3. The van der Waals surface area contributed by atoms with Crippen LogP contribution in [0.3, 0.4) is 0 Å². The van der Waals surface area contributed by atoms with Crippen molar-refractivity contribution < 1.29 is 19.5 Å². The molecule has 1 fully saturated rings. The maximum Gasteiger partial charge on any atom is 0.337 e. The summed E-state index contributed by atoms with van der Waals surface area (Å²) in [4.78, 5) is 42.4. The van der Waals surface area contributed by atoms with Crippen LogP contribution < -0.4 is 5.32 Å². The summed E-state index contributed by atoms with van der Waals surface area (Å²) in [6.45, 7) is 3.88. The second-order valence-electron chi connectivity index (χ2n) is 6.18. The molecule has 1 heterocycles. The van der Waals surface area contributed by atoms with Gasteiger partial charge in [0.05, 0.1) is 11.3 Å². The number of hydrogen-bond acceptors (Lipinski definition) is 5. The molecule has 0 unspecified atom stereocenters. The topological polar surface area (TPSA) is 99.1 Å². The lowest BCUT2D eigenvalue weighted by Gasteiger charge is -2.14. The van der Waals surface area contributed by atoms with E-state index in [1.807, 2.05) is 18.2 Å². The predicted octanol–water partition coefficient (Wildman–Crippen LogP) is 3.53. The normalized spacial score (nSPS) is 17.4. The molecule has 2 aromatic carbocycles. The van der Waals surface area contributed by atoms with Crippen molar-refractivity contribution in [2.75, 3.05) is 11.9 Å². The van der Waals surface area contributed by atoms with Crippen LogP contribution in [0, 0.1) is 0 Å². The van der Waals surface area contributed by atoms with Gasteiger partial charge in [-0.15, -0.1) is 6.58 Å². The zero-order valence-electron chi connectivity index (χ0n) is 15.4. The van der Waals surface area contributed by atoms with Gasteiger partial charge in [-0.2, -0.15) is 0 Å². The minimum absolute atomic E-state index is 0.0222. The van der Waals surface area contributed by atoms with E-state index in [2.05, 4.69) is 16.9 Å². The van der Waals surface area contributed by atoms with E-state index in [0.29, 0.717) is 10.9 Å². The van der Waals surface area contributed by atoms with E-state index >= 15 is 0 Å². The van der Waals surface area contributed by atoms with Crippen molar-refractivity contribution in [3.8, 4) is 0 Å². The Morgan fingerprint density at radius 3 is 2.55 bits per heavy atom. The lowest BCUT2D eigenvalue weighted by molar-refractivity contribution is -0.127. The molecule has 29 heavy (non-hydrogen) atoms. The Kier molecular flexibility index (Phi) is 6.46. The molecular weight excluding hydrogens is 390 g/mol. The second-order valence-corrected chi connectivity index (χ2v) is 7.35. The molecule has 0 spiro atoms. The largest absolute Gasteiger partial charge is 0.478 e. The van der Waals surface area contributed by atoms with Crippen LogP contribution in [-0.2, 0) is 9.59 Å². The lowest BCUT2D eigenvalue weighted by Crippen LogP contribution is -2.33. The van der Waals surface area contributed by atoms with Gasteiger partial charge < -0.3 is 10.4 Å². The fraction of sp³-hybridized carbons (Fsp3) is 0.143. The number of benzene rings is 2. The Bertz CT molecular complexity index is 975. The third kappa shape index (κ3) is 4.91. The number of carbonyl (C=O) groups is 3. The first-order chi connectivity index (χ1) is 14.0. The number of aromatic carboxylic acids is 1. The predicted molar refractivity (Wildman–Crippen MR) is 113 cm³/mol. The zero-order chi connectivity index (χ0) is 20.8. The van der Waals surface area contributed by atoms with E-state index in [-0.39, 0.29) is 36.0 Å². The fourth-order valence-corrected chi connectivity index (χ4v) is 3.94. The smallest absolute Gasteiger partial charge is 0.337 e. The molecule has 8 heteroatoms. The molecule has 0 bridgehead atoms. The van der Waals surface area contributed by atoms with Crippen molar-refractivity contribution in [3.63, 3.8) is 0 Å². The Morgan fingerprint density at radius 2 is 1.86 bits per heavy atom. The van der Waals surface area contributed by atoms with Crippen LogP contribution in [0.5, 0.6) is 0 Å². The fourth-order valence-electron chi connectivity index (χ4n) is 2.78. The number of para-hydroxylation sites is 2. The first kappa shape index (κ1) is 20.3. The molecule has 2 amide bonds. The van der Waals surface area contributed by atoms with Gasteiger partial charge in [-0.3, -0.25) is 14.5 Å². The number of amidine groups is 1. The number of amides is 2. The molecule has 7 nitrogen and oxygen atoms in total. The molecule has 1 saturated heterocycles. The van der Waals surface area contributed by atoms with Gasteiger partial charge in [0.2, 0.25) is 11.8 Å². The summed E-state index contributed by atoms with van der Waals surface area (Å²) in [6.07, 6.45) is 1.54. The highest BCUT2D eigenvalue weighted by atomic mass is 32.2. The molecule has 0 aromatic heterocycles.